The number of carbonyl (C=O) groups excluding carboxylic acids is 1. The number of oxime groups is 1. The van der Waals surface area contributed by atoms with E-state index in [-0.39, 0.29) is 0 Å². The van der Waals surface area contributed by atoms with E-state index >= 15 is 0 Å². The maximum Gasteiger partial charge on any atom is 0.417 e. The zero-order valence-electron chi connectivity index (χ0n) is 15.1. The summed E-state index contributed by atoms with van der Waals surface area (Å²) in [6.45, 7) is 7.44. The molecule has 0 spiro atoms. The van der Waals surface area contributed by atoms with Gasteiger partial charge in [0.2, 0.25) is 0 Å². The average Bonchev–Trinajstić information content (AvgIpc) is 2.66. The van der Waals surface area contributed by atoms with E-state index < -0.39 is 6.09 Å². The predicted octanol–water partition coefficient (Wildman–Crippen LogP) is 4.69. The van der Waals surface area contributed by atoms with Gasteiger partial charge in [-0.3, -0.25) is 5.32 Å². The average molecular weight is 355 g/mol. The number of nitrogens with zero attached hydrogens (tertiary/aromatic N) is 2. The number of aryl methyl sites for hydroxylation is 1. The van der Waals surface area contributed by atoms with Crippen LogP contribution in [-0.2, 0) is 0 Å². The highest BCUT2D eigenvalue weighted by atomic mass is 16.6. The number of amides is 1. The first-order valence-electron chi connectivity index (χ1n) is 7.98. The van der Waals surface area contributed by atoms with Crippen molar-refractivity contribution in [2.24, 2.45) is 5.16 Å². The Hall–Kier alpha value is -3.53. The Labute approximate surface area is 152 Å². The Morgan fingerprint density at radius 2 is 1.85 bits per heavy atom. The fraction of sp³-hybridized carbons (Fsp3) is 0.211. The van der Waals surface area contributed by atoms with E-state index in [2.05, 4.69) is 10.5 Å². The number of nitriles is 1. The van der Waals surface area contributed by atoms with Gasteiger partial charge in [-0.2, -0.15) is 0 Å². The maximum absolute atomic E-state index is 11.9. The van der Waals surface area contributed by atoms with Gasteiger partial charge in [0.15, 0.2) is 0 Å². The van der Waals surface area contributed by atoms with Crippen molar-refractivity contribution in [2.75, 3.05) is 5.32 Å². The summed E-state index contributed by atoms with van der Waals surface area (Å²) in [7, 11) is 0. The molecule has 7 nitrogen and oxygen atoms in total. The van der Waals surface area contributed by atoms with Crippen molar-refractivity contribution in [3.05, 3.63) is 53.6 Å². The van der Waals surface area contributed by atoms with Gasteiger partial charge in [-0.15, -0.1) is 5.26 Å². The van der Waals surface area contributed by atoms with Crippen molar-refractivity contribution in [1.82, 2.24) is 0 Å². The molecule has 26 heavy (non-hydrogen) atoms. The lowest BCUT2D eigenvalue weighted by atomic mass is 10.1. The van der Waals surface area contributed by atoms with Crippen LogP contribution in [0.3, 0.4) is 0 Å². The molecule has 2 rings (SSSR count). The van der Waals surface area contributed by atoms with Gasteiger partial charge in [-0.25, -0.2) is 4.79 Å². The molecule has 2 N–H and O–H groups in total. The van der Waals surface area contributed by atoms with E-state index in [1.165, 1.54) is 6.07 Å². The van der Waals surface area contributed by atoms with E-state index in [0.717, 1.165) is 5.56 Å². The third kappa shape index (κ3) is 5.83. The number of hydrogen-bond acceptors (Lipinski definition) is 6. The Kier molecular flexibility index (Phi) is 8.17. The van der Waals surface area contributed by atoms with E-state index in [1.807, 2.05) is 13.8 Å². The first-order valence-corrected chi connectivity index (χ1v) is 7.98. The Balaban J connectivity index is 0.00000163. The third-order valence-corrected chi connectivity index (χ3v) is 3.22. The van der Waals surface area contributed by atoms with Crippen molar-refractivity contribution < 1.29 is 19.5 Å². The number of benzene rings is 2. The van der Waals surface area contributed by atoms with Crippen molar-refractivity contribution >= 4 is 17.5 Å². The molecular weight excluding hydrogens is 334 g/mol. The molecule has 0 aliphatic rings. The molecule has 0 atom stereocenters. The van der Waals surface area contributed by atoms with Crippen molar-refractivity contribution in [3.63, 3.8) is 0 Å². The normalized spacial score (nSPS) is 10.0. The van der Waals surface area contributed by atoms with E-state index in [4.69, 9.17) is 19.9 Å². The third-order valence-electron chi connectivity index (χ3n) is 3.22. The van der Waals surface area contributed by atoms with Gasteiger partial charge in [0, 0.05) is 11.8 Å². The highest BCUT2D eigenvalue weighted by Gasteiger charge is 2.08. The number of hydrogen-bond donors (Lipinski definition) is 2. The zero-order valence-corrected chi connectivity index (χ0v) is 15.1. The van der Waals surface area contributed by atoms with Gasteiger partial charge in [0.05, 0.1) is 5.71 Å². The molecule has 0 aliphatic carbocycles. The van der Waals surface area contributed by atoms with Crippen LogP contribution in [0.2, 0.25) is 0 Å². The summed E-state index contributed by atoms with van der Waals surface area (Å²) in [5.74, 6) is 0.695. The fourth-order valence-corrected chi connectivity index (χ4v) is 1.91. The SMILES string of the molecule is C/C(=N\O)c1ccc(OC(=O)Nc2ccc(C)c(OC#N)c2)cc1.CC. The minimum absolute atomic E-state index is 0.336. The lowest BCUT2D eigenvalue weighted by Gasteiger charge is -2.09. The topological polar surface area (TPSA) is 104 Å². The fourth-order valence-electron chi connectivity index (χ4n) is 1.91. The quantitative estimate of drug-likeness (QED) is 0.358. The van der Waals surface area contributed by atoms with Crippen LogP contribution in [0.15, 0.2) is 47.6 Å². The molecule has 0 radical (unpaired) electrons. The largest absolute Gasteiger partial charge is 0.417 e. The summed E-state index contributed by atoms with van der Waals surface area (Å²) in [5, 5.41) is 22.9. The molecule has 2 aromatic carbocycles. The van der Waals surface area contributed by atoms with Crippen LogP contribution in [0.25, 0.3) is 0 Å². The molecule has 0 saturated carbocycles. The van der Waals surface area contributed by atoms with Crippen LogP contribution >= 0.6 is 0 Å². The van der Waals surface area contributed by atoms with Gasteiger partial charge in [-0.1, -0.05) is 25.1 Å². The van der Waals surface area contributed by atoms with Gasteiger partial charge in [0.1, 0.15) is 11.5 Å². The molecule has 1 amide bonds. The lowest BCUT2D eigenvalue weighted by molar-refractivity contribution is 0.215. The van der Waals surface area contributed by atoms with Crippen LogP contribution in [0.4, 0.5) is 10.5 Å². The molecule has 7 heteroatoms. The summed E-state index contributed by atoms with van der Waals surface area (Å²) in [6.07, 6.45) is 0.914. The number of rotatable bonds is 4. The Morgan fingerprint density at radius 1 is 1.19 bits per heavy atom. The minimum atomic E-state index is -0.679. The van der Waals surface area contributed by atoms with E-state index in [0.29, 0.717) is 28.5 Å². The number of anilines is 1. The standard InChI is InChI=1S/C17H15N3O4.C2H6/c1-11-3-6-14(9-16(11)23-10-18)19-17(21)24-15-7-4-13(5-8-15)12(2)20-22;1-2/h3-9,22H,1-2H3,(H,19,21);1-2H3/b20-12+;. The van der Waals surface area contributed by atoms with Gasteiger partial charge in [0.25, 0.3) is 6.26 Å². The number of ether oxygens (including phenoxy) is 2. The minimum Gasteiger partial charge on any atom is -0.411 e. The van der Waals surface area contributed by atoms with E-state index in [1.54, 1.807) is 56.5 Å². The summed E-state index contributed by atoms with van der Waals surface area (Å²) >= 11 is 0. The molecule has 2 aromatic rings. The molecule has 0 saturated heterocycles. The Morgan fingerprint density at radius 3 is 2.42 bits per heavy atom. The molecule has 0 bridgehead atoms. The van der Waals surface area contributed by atoms with Crippen LogP contribution in [0.1, 0.15) is 31.9 Å². The summed E-state index contributed by atoms with van der Waals surface area (Å²) in [6, 6.07) is 11.4. The van der Waals surface area contributed by atoms with Crippen LogP contribution in [-0.4, -0.2) is 17.0 Å². The second-order valence-corrected chi connectivity index (χ2v) is 4.90. The van der Waals surface area contributed by atoms with Crippen LogP contribution in [0, 0.1) is 18.4 Å². The first kappa shape index (κ1) is 20.5. The second-order valence-electron chi connectivity index (χ2n) is 4.90. The highest BCUT2D eigenvalue weighted by molar-refractivity contribution is 5.98. The maximum atomic E-state index is 11.9. The lowest BCUT2D eigenvalue weighted by Crippen LogP contribution is -2.16. The van der Waals surface area contributed by atoms with E-state index in [9.17, 15) is 4.79 Å². The molecule has 0 unspecified atom stereocenters. The van der Waals surface area contributed by atoms with Gasteiger partial charge < -0.3 is 14.7 Å². The summed E-state index contributed by atoms with van der Waals surface area (Å²) in [5.41, 5.74) is 2.38. The van der Waals surface area contributed by atoms with Crippen LogP contribution in [0.5, 0.6) is 11.5 Å². The molecular formula is C19H21N3O4. The summed E-state index contributed by atoms with van der Waals surface area (Å²) in [4.78, 5) is 11.9. The second kappa shape index (κ2) is 10.4. The van der Waals surface area contributed by atoms with Crippen molar-refractivity contribution in [3.8, 4) is 17.8 Å². The van der Waals surface area contributed by atoms with Crippen LogP contribution < -0.4 is 14.8 Å². The smallest absolute Gasteiger partial charge is 0.411 e. The molecule has 0 aromatic heterocycles. The van der Waals surface area contributed by atoms with Crippen molar-refractivity contribution in [2.45, 2.75) is 27.7 Å². The molecule has 0 aliphatic heterocycles. The first-order chi connectivity index (χ1) is 12.5. The van der Waals surface area contributed by atoms with Gasteiger partial charge >= 0.3 is 6.09 Å². The van der Waals surface area contributed by atoms with Crippen molar-refractivity contribution in [1.29, 1.82) is 5.26 Å². The molecule has 0 fully saturated rings. The monoisotopic (exact) mass is 355 g/mol. The predicted molar refractivity (Wildman–Crippen MR) is 98.9 cm³/mol. The zero-order chi connectivity index (χ0) is 19.5. The Bertz CT molecular complexity index is 809. The molecule has 136 valence electrons. The highest BCUT2D eigenvalue weighted by Crippen LogP contribution is 2.23. The molecule has 0 heterocycles. The summed E-state index contributed by atoms with van der Waals surface area (Å²) < 4.78 is 9.96. The number of carbonyl (C=O) groups is 1. The number of nitrogens with one attached hydrogen (secondary N) is 1. The van der Waals surface area contributed by atoms with Gasteiger partial charge in [-0.05, 0) is 55.3 Å².